The summed E-state index contributed by atoms with van der Waals surface area (Å²) in [6.07, 6.45) is -2.13. The van der Waals surface area contributed by atoms with E-state index in [1.54, 1.807) is 29.2 Å². The van der Waals surface area contributed by atoms with E-state index in [1.807, 2.05) is 6.07 Å². The fourth-order valence-electron chi connectivity index (χ4n) is 4.02. The maximum Gasteiger partial charge on any atom is 0.219 e. The second-order valence-corrected chi connectivity index (χ2v) is 15.1. The lowest BCUT2D eigenvalue weighted by molar-refractivity contribution is -0.0669. The molecule has 1 saturated heterocycles. The third-order valence-corrected chi connectivity index (χ3v) is 11.6. The molecule has 1 fully saturated rings. The Morgan fingerprint density at radius 3 is 2.62 bits per heavy atom. The van der Waals surface area contributed by atoms with Crippen molar-refractivity contribution in [2.24, 2.45) is 20.7 Å². The average Bonchev–Trinajstić information content (AvgIpc) is 3.35. The van der Waals surface area contributed by atoms with E-state index in [0.29, 0.717) is 11.4 Å². The van der Waals surface area contributed by atoms with E-state index in [1.165, 1.54) is 6.34 Å². The number of hydrogen-bond donors (Lipinski definition) is 3. The number of Topliss-reactive ketones (excluding diaryl/α,β-unsaturated/α-hetero) is 1. The normalized spacial score (nSPS) is 31.4. The summed E-state index contributed by atoms with van der Waals surface area (Å²) in [5.74, 6) is -0.0477. The van der Waals surface area contributed by atoms with Crippen molar-refractivity contribution in [1.82, 2.24) is 4.90 Å². The first-order valence-corrected chi connectivity index (χ1v) is 14.3. The molecule has 1 aromatic rings. The summed E-state index contributed by atoms with van der Waals surface area (Å²) in [6, 6.07) is 8.68. The van der Waals surface area contributed by atoms with Crippen LogP contribution in [0.5, 0.6) is 0 Å². The van der Waals surface area contributed by atoms with Gasteiger partial charge in [0, 0.05) is 5.56 Å². The highest BCUT2D eigenvalue weighted by Crippen LogP contribution is 2.41. The van der Waals surface area contributed by atoms with Crippen LogP contribution in [0.3, 0.4) is 0 Å². The first kappa shape index (κ1) is 24.8. The Morgan fingerprint density at radius 1 is 1.32 bits per heavy atom. The molecule has 34 heavy (non-hydrogen) atoms. The van der Waals surface area contributed by atoms with Crippen LogP contribution in [0.4, 0.5) is 0 Å². The molecular formula is C23H33N5O5Si. The summed E-state index contributed by atoms with van der Waals surface area (Å²) in [4.78, 5) is 28.1. The van der Waals surface area contributed by atoms with E-state index in [0.717, 1.165) is 0 Å². The van der Waals surface area contributed by atoms with Crippen LogP contribution in [-0.2, 0) is 9.16 Å². The van der Waals surface area contributed by atoms with Gasteiger partial charge in [-0.25, -0.2) is 9.98 Å². The van der Waals surface area contributed by atoms with Crippen molar-refractivity contribution in [1.29, 1.82) is 0 Å². The quantitative estimate of drug-likeness (QED) is 0.403. The number of aliphatic imine (C=N–C) groups is 3. The summed E-state index contributed by atoms with van der Waals surface area (Å²) in [5, 5.41) is 20.6. The van der Waals surface area contributed by atoms with Crippen LogP contribution in [0, 0.1) is 0 Å². The Balaban J connectivity index is 1.63. The van der Waals surface area contributed by atoms with Crippen LogP contribution in [-0.4, -0.2) is 90.6 Å². The van der Waals surface area contributed by atoms with E-state index in [-0.39, 0.29) is 24.0 Å². The number of benzene rings is 1. The van der Waals surface area contributed by atoms with Gasteiger partial charge in [-0.1, -0.05) is 51.1 Å². The van der Waals surface area contributed by atoms with Crippen LogP contribution in [0.25, 0.3) is 0 Å². The van der Waals surface area contributed by atoms with Gasteiger partial charge in [-0.05, 0) is 18.1 Å². The number of fused-ring (bicyclic) bond motifs is 1. The van der Waals surface area contributed by atoms with Crippen molar-refractivity contribution < 1.29 is 24.2 Å². The molecule has 0 aromatic heterocycles. The van der Waals surface area contributed by atoms with Gasteiger partial charge < -0.3 is 24.3 Å². The summed E-state index contributed by atoms with van der Waals surface area (Å²) < 4.78 is 12.6. The Kier molecular flexibility index (Phi) is 6.38. The first-order chi connectivity index (χ1) is 15.9. The molecule has 0 saturated carbocycles. The molecular weight excluding hydrogens is 454 g/mol. The van der Waals surface area contributed by atoms with Gasteiger partial charge >= 0.3 is 0 Å². The second-order valence-electron chi connectivity index (χ2n) is 10.4. The zero-order valence-electron chi connectivity index (χ0n) is 20.2. The molecule has 4 rings (SSSR count). The first-order valence-electron chi connectivity index (χ1n) is 11.3. The standard InChI is InChI=1S/C23H33N5O5Si/c1-22(2,3)34(4,5)33-17-16(30)15(11-29)32-21(17)28-13-26-18-20(28)25-12-27-23(18,24)19(31)14-9-7-6-8-10-14/h6-10,12,15-17,21,29-30H,11,13,24H2,1-5H3/t15-,16-,17-,21-,23?/m1/s1. The molecule has 11 heteroatoms. The van der Waals surface area contributed by atoms with Crippen LogP contribution < -0.4 is 5.73 Å². The summed E-state index contributed by atoms with van der Waals surface area (Å²) in [7, 11) is -2.31. The number of nitrogens with zero attached hydrogens (tertiary/aromatic N) is 4. The summed E-state index contributed by atoms with van der Waals surface area (Å²) in [5.41, 5.74) is 5.44. The Hall–Kier alpha value is -2.28. The number of rotatable bonds is 6. The predicted molar refractivity (Wildman–Crippen MR) is 132 cm³/mol. The Labute approximate surface area is 200 Å². The molecule has 4 N–H and O–H groups in total. The SMILES string of the molecule is CC(C)(C)[Si](C)(C)O[C@@H]1[C@H](O)[C@@H](CO)O[C@H]1N1CN=C2C1=NC=NC2(N)C(=O)c1ccccc1. The van der Waals surface area contributed by atoms with Gasteiger partial charge in [-0.15, -0.1) is 0 Å². The van der Waals surface area contributed by atoms with Gasteiger partial charge in [0.05, 0.1) is 6.61 Å². The Bertz CT molecular complexity index is 1040. The smallest absolute Gasteiger partial charge is 0.219 e. The maximum atomic E-state index is 13.3. The molecule has 5 atom stereocenters. The number of amidine groups is 1. The van der Waals surface area contributed by atoms with Crippen molar-refractivity contribution in [3.63, 3.8) is 0 Å². The number of hydrogen-bond acceptors (Lipinski definition) is 10. The van der Waals surface area contributed by atoms with Crippen molar-refractivity contribution in [3.8, 4) is 0 Å². The fraction of sp³-hybridized carbons (Fsp3) is 0.565. The number of aliphatic hydroxyl groups is 2. The molecule has 0 aliphatic carbocycles. The summed E-state index contributed by atoms with van der Waals surface area (Å²) >= 11 is 0. The van der Waals surface area contributed by atoms with E-state index in [9.17, 15) is 15.0 Å². The van der Waals surface area contributed by atoms with Crippen LogP contribution >= 0.6 is 0 Å². The highest BCUT2D eigenvalue weighted by Gasteiger charge is 2.55. The fourth-order valence-corrected chi connectivity index (χ4v) is 5.31. The van der Waals surface area contributed by atoms with Crippen molar-refractivity contribution >= 4 is 32.0 Å². The largest absolute Gasteiger partial charge is 0.407 e. The van der Waals surface area contributed by atoms with Gasteiger partial charge in [0.2, 0.25) is 11.4 Å². The highest BCUT2D eigenvalue weighted by atomic mass is 28.4. The molecule has 0 bridgehead atoms. The third kappa shape index (κ3) is 4.06. The summed E-state index contributed by atoms with van der Waals surface area (Å²) in [6.45, 7) is 10.2. The van der Waals surface area contributed by atoms with Crippen LogP contribution in [0.1, 0.15) is 31.1 Å². The zero-order valence-corrected chi connectivity index (χ0v) is 21.2. The van der Waals surface area contributed by atoms with Gasteiger partial charge in [-0.2, -0.15) is 0 Å². The zero-order chi connectivity index (χ0) is 24.9. The molecule has 3 heterocycles. The van der Waals surface area contributed by atoms with Gasteiger partial charge in [-0.3, -0.25) is 15.5 Å². The molecule has 3 aliphatic rings. The van der Waals surface area contributed by atoms with E-state index in [4.69, 9.17) is 14.9 Å². The van der Waals surface area contributed by atoms with Gasteiger partial charge in [0.25, 0.3) is 0 Å². The second kappa shape index (κ2) is 8.74. The molecule has 184 valence electrons. The van der Waals surface area contributed by atoms with Gasteiger partial charge in [0.1, 0.15) is 37.0 Å². The third-order valence-electron chi connectivity index (χ3n) is 7.09. The lowest BCUT2D eigenvalue weighted by Crippen LogP contribution is -2.60. The van der Waals surface area contributed by atoms with Crippen LogP contribution in [0.15, 0.2) is 45.3 Å². The van der Waals surface area contributed by atoms with E-state index >= 15 is 0 Å². The topological polar surface area (TPSA) is 142 Å². The molecule has 1 aromatic carbocycles. The Morgan fingerprint density at radius 2 is 2.00 bits per heavy atom. The minimum absolute atomic E-state index is 0.103. The molecule has 0 amide bonds. The number of nitrogens with two attached hydrogens (primary N) is 1. The minimum atomic E-state index is -2.31. The maximum absolute atomic E-state index is 13.3. The van der Waals surface area contributed by atoms with Crippen LogP contribution in [0.2, 0.25) is 18.1 Å². The molecule has 3 aliphatic heterocycles. The molecule has 1 unspecified atom stereocenters. The number of carbonyl (C=O) groups excluding carboxylic acids is 1. The monoisotopic (exact) mass is 487 g/mol. The predicted octanol–water partition coefficient (Wildman–Crippen LogP) is 1.15. The van der Waals surface area contributed by atoms with E-state index < -0.39 is 44.3 Å². The minimum Gasteiger partial charge on any atom is -0.407 e. The van der Waals surface area contributed by atoms with E-state index in [2.05, 4.69) is 48.8 Å². The van der Waals surface area contributed by atoms with Crippen molar-refractivity contribution in [2.75, 3.05) is 13.3 Å². The average molecular weight is 488 g/mol. The highest BCUT2D eigenvalue weighted by molar-refractivity contribution is 6.74. The number of ether oxygens (including phenoxy) is 1. The molecule has 10 nitrogen and oxygen atoms in total. The van der Waals surface area contributed by atoms with Gasteiger partial charge in [0.15, 0.2) is 20.4 Å². The lowest BCUT2D eigenvalue weighted by Gasteiger charge is -2.41. The van der Waals surface area contributed by atoms with Crippen molar-refractivity contribution in [3.05, 3.63) is 35.9 Å². The molecule has 0 radical (unpaired) electrons. The van der Waals surface area contributed by atoms with Crippen molar-refractivity contribution in [2.45, 2.75) is 69.1 Å². The lowest BCUT2D eigenvalue weighted by atomic mass is 9.93. The molecule has 0 spiro atoms. The number of ketones is 1. The number of carbonyl (C=O) groups is 1. The number of aliphatic hydroxyl groups excluding tert-OH is 2.